The number of nitrogens with zero attached hydrogens (tertiary/aromatic N) is 1. The third kappa shape index (κ3) is 2.63. The molecule has 2 amide bonds. The number of hydrogen-bond donors (Lipinski definition) is 1. The van der Waals surface area contributed by atoms with E-state index in [0.29, 0.717) is 6.54 Å². The molecule has 2 atom stereocenters. The predicted molar refractivity (Wildman–Crippen MR) is 99.1 cm³/mol. The Hall–Kier alpha value is -2.27. The lowest BCUT2D eigenvalue weighted by Gasteiger charge is -2.29. The van der Waals surface area contributed by atoms with Gasteiger partial charge in [-0.2, -0.15) is 0 Å². The standard InChI is InChI=1S/C20H20N2O2S/c1-20(2)16(17(23)21-12-13-8-4-3-5-9-13)22-18(24)14-10-6-7-11-15(14)19(22)25-20/h3-11,16,19H,12H2,1-2H3,(H,21,23)/t16-,19+/m0/s1. The summed E-state index contributed by atoms with van der Waals surface area (Å²) in [6, 6.07) is 17.0. The molecule has 0 aliphatic carbocycles. The SMILES string of the molecule is CC1(C)S[C@@H]2c3ccccc3C(=O)N2[C@H]1C(=O)NCc1ccccc1. The van der Waals surface area contributed by atoms with Gasteiger partial charge >= 0.3 is 0 Å². The van der Waals surface area contributed by atoms with Crippen LogP contribution in [0.2, 0.25) is 0 Å². The van der Waals surface area contributed by atoms with E-state index in [1.165, 1.54) is 0 Å². The Labute approximate surface area is 151 Å². The van der Waals surface area contributed by atoms with Crippen molar-refractivity contribution in [1.29, 1.82) is 0 Å². The van der Waals surface area contributed by atoms with Gasteiger partial charge in [-0.25, -0.2) is 0 Å². The zero-order valence-electron chi connectivity index (χ0n) is 14.2. The van der Waals surface area contributed by atoms with E-state index in [-0.39, 0.29) is 21.9 Å². The van der Waals surface area contributed by atoms with Gasteiger partial charge in [0.05, 0.1) is 0 Å². The van der Waals surface area contributed by atoms with Crippen molar-refractivity contribution in [2.24, 2.45) is 0 Å². The first-order valence-corrected chi connectivity index (χ1v) is 9.28. The summed E-state index contributed by atoms with van der Waals surface area (Å²) in [6.45, 7) is 4.55. The quantitative estimate of drug-likeness (QED) is 0.922. The zero-order valence-corrected chi connectivity index (χ0v) is 15.0. The van der Waals surface area contributed by atoms with Crippen LogP contribution in [0.25, 0.3) is 0 Å². The highest BCUT2D eigenvalue weighted by atomic mass is 32.2. The molecule has 0 spiro atoms. The second-order valence-corrected chi connectivity index (χ2v) is 8.71. The van der Waals surface area contributed by atoms with Gasteiger partial charge in [-0.3, -0.25) is 9.59 Å². The monoisotopic (exact) mass is 352 g/mol. The number of nitrogens with one attached hydrogen (secondary N) is 1. The van der Waals surface area contributed by atoms with E-state index in [2.05, 4.69) is 5.32 Å². The second-order valence-electron chi connectivity index (χ2n) is 6.98. The summed E-state index contributed by atoms with van der Waals surface area (Å²) in [6.07, 6.45) is 0. The molecule has 0 radical (unpaired) electrons. The Bertz CT molecular complexity index is 835. The number of carbonyl (C=O) groups is 2. The van der Waals surface area contributed by atoms with Crippen LogP contribution < -0.4 is 5.32 Å². The van der Waals surface area contributed by atoms with Gasteiger partial charge in [0.1, 0.15) is 11.4 Å². The molecule has 2 aliphatic heterocycles. The highest BCUT2D eigenvalue weighted by Gasteiger charge is 2.57. The van der Waals surface area contributed by atoms with Gasteiger partial charge in [0, 0.05) is 16.9 Å². The van der Waals surface area contributed by atoms with Crippen molar-refractivity contribution in [3.8, 4) is 0 Å². The average Bonchev–Trinajstić information content (AvgIpc) is 3.04. The predicted octanol–water partition coefficient (Wildman–Crippen LogP) is 3.35. The van der Waals surface area contributed by atoms with Crippen molar-refractivity contribution in [2.45, 2.75) is 36.6 Å². The fourth-order valence-electron chi connectivity index (χ4n) is 3.69. The van der Waals surface area contributed by atoms with E-state index < -0.39 is 6.04 Å². The van der Waals surface area contributed by atoms with E-state index in [1.54, 1.807) is 16.7 Å². The minimum atomic E-state index is -0.480. The maximum atomic E-state index is 13.0. The van der Waals surface area contributed by atoms with Crippen LogP contribution in [0.4, 0.5) is 0 Å². The molecular formula is C20H20N2O2S. The first-order chi connectivity index (χ1) is 12.0. The Kier molecular flexibility index (Phi) is 3.84. The molecular weight excluding hydrogens is 332 g/mol. The number of hydrogen-bond acceptors (Lipinski definition) is 3. The number of rotatable bonds is 3. The van der Waals surface area contributed by atoms with Gasteiger partial charge in [-0.05, 0) is 31.0 Å². The molecule has 128 valence electrons. The van der Waals surface area contributed by atoms with E-state index in [0.717, 1.165) is 16.7 Å². The Morgan fingerprint density at radius 1 is 1.12 bits per heavy atom. The molecule has 5 heteroatoms. The van der Waals surface area contributed by atoms with Crippen LogP contribution in [-0.2, 0) is 11.3 Å². The molecule has 1 saturated heterocycles. The van der Waals surface area contributed by atoms with E-state index >= 15 is 0 Å². The number of benzene rings is 2. The molecule has 2 aromatic rings. The fraction of sp³-hybridized carbons (Fsp3) is 0.300. The minimum absolute atomic E-state index is 0.0430. The van der Waals surface area contributed by atoms with Gasteiger partial charge in [-0.1, -0.05) is 48.5 Å². The van der Waals surface area contributed by atoms with Gasteiger partial charge < -0.3 is 10.2 Å². The molecule has 4 nitrogen and oxygen atoms in total. The topological polar surface area (TPSA) is 49.4 Å². The van der Waals surface area contributed by atoms with E-state index in [4.69, 9.17) is 0 Å². The van der Waals surface area contributed by atoms with E-state index in [1.807, 2.05) is 68.4 Å². The molecule has 2 heterocycles. The maximum Gasteiger partial charge on any atom is 0.256 e. The van der Waals surface area contributed by atoms with Gasteiger partial charge in [0.2, 0.25) is 5.91 Å². The lowest BCUT2D eigenvalue weighted by atomic mass is 10.0. The minimum Gasteiger partial charge on any atom is -0.350 e. The Morgan fingerprint density at radius 2 is 1.80 bits per heavy atom. The fourth-order valence-corrected chi connectivity index (χ4v) is 5.27. The van der Waals surface area contributed by atoms with Gasteiger partial charge in [-0.15, -0.1) is 11.8 Å². The number of thioether (sulfide) groups is 1. The smallest absolute Gasteiger partial charge is 0.256 e. The summed E-state index contributed by atoms with van der Waals surface area (Å²) in [4.78, 5) is 27.6. The molecule has 2 aliphatic rings. The molecule has 0 bridgehead atoms. The van der Waals surface area contributed by atoms with Crippen LogP contribution in [0, 0.1) is 0 Å². The van der Waals surface area contributed by atoms with Crippen LogP contribution in [0.3, 0.4) is 0 Å². The normalized spacial score (nSPS) is 23.3. The molecule has 0 aromatic heterocycles. The molecule has 2 aromatic carbocycles. The van der Waals surface area contributed by atoms with Crippen LogP contribution in [0.5, 0.6) is 0 Å². The highest BCUT2D eigenvalue weighted by molar-refractivity contribution is 8.01. The van der Waals surface area contributed by atoms with Crippen LogP contribution in [0.1, 0.15) is 40.7 Å². The highest BCUT2D eigenvalue weighted by Crippen LogP contribution is 2.56. The van der Waals surface area contributed by atoms with Crippen molar-refractivity contribution >= 4 is 23.6 Å². The molecule has 1 N–H and O–H groups in total. The van der Waals surface area contributed by atoms with E-state index in [9.17, 15) is 9.59 Å². The lowest BCUT2D eigenvalue weighted by molar-refractivity contribution is -0.126. The average molecular weight is 352 g/mol. The molecule has 4 rings (SSSR count). The largest absolute Gasteiger partial charge is 0.350 e. The van der Waals surface area contributed by atoms with Crippen molar-refractivity contribution in [1.82, 2.24) is 10.2 Å². The third-order valence-corrected chi connectivity index (χ3v) is 6.39. The molecule has 25 heavy (non-hydrogen) atoms. The van der Waals surface area contributed by atoms with Crippen LogP contribution >= 0.6 is 11.8 Å². The second kappa shape index (κ2) is 5.92. The first kappa shape index (κ1) is 16.2. The van der Waals surface area contributed by atoms with Gasteiger partial charge in [0.25, 0.3) is 5.91 Å². The van der Waals surface area contributed by atoms with Crippen molar-refractivity contribution in [3.05, 3.63) is 71.3 Å². The molecule has 0 saturated carbocycles. The molecule has 0 unspecified atom stereocenters. The van der Waals surface area contributed by atoms with Crippen molar-refractivity contribution in [2.75, 3.05) is 0 Å². The number of carbonyl (C=O) groups excluding carboxylic acids is 2. The summed E-state index contributed by atoms with van der Waals surface area (Å²) >= 11 is 1.69. The summed E-state index contributed by atoms with van der Waals surface area (Å²) in [5.41, 5.74) is 2.78. The number of amides is 2. The van der Waals surface area contributed by atoms with Crippen molar-refractivity contribution < 1.29 is 9.59 Å². The summed E-state index contributed by atoms with van der Waals surface area (Å²) < 4.78 is -0.339. The third-order valence-electron chi connectivity index (χ3n) is 4.85. The summed E-state index contributed by atoms with van der Waals surface area (Å²) in [7, 11) is 0. The summed E-state index contributed by atoms with van der Waals surface area (Å²) in [5.74, 6) is -0.136. The summed E-state index contributed by atoms with van der Waals surface area (Å²) in [5, 5.41) is 2.93. The zero-order chi connectivity index (χ0) is 17.6. The first-order valence-electron chi connectivity index (χ1n) is 8.40. The van der Waals surface area contributed by atoms with Crippen molar-refractivity contribution in [3.63, 3.8) is 0 Å². The van der Waals surface area contributed by atoms with Crippen LogP contribution in [0.15, 0.2) is 54.6 Å². The lowest BCUT2D eigenvalue weighted by Crippen LogP contribution is -2.52. The number of fused-ring (bicyclic) bond motifs is 3. The Morgan fingerprint density at radius 3 is 2.56 bits per heavy atom. The van der Waals surface area contributed by atoms with Crippen LogP contribution in [-0.4, -0.2) is 27.5 Å². The maximum absolute atomic E-state index is 13.0. The van der Waals surface area contributed by atoms with Gasteiger partial charge in [0.15, 0.2) is 0 Å². The Balaban J connectivity index is 1.59. The molecule has 1 fully saturated rings.